The van der Waals surface area contributed by atoms with Crippen LogP contribution in [0.2, 0.25) is 0 Å². The highest BCUT2D eigenvalue weighted by atomic mass is 127. The minimum atomic E-state index is -4.10. The molecule has 10 heteroatoms. The number of nitrogens with one attached hydrogen (secondary N) is 2. The molecular weight excluding hydrogens is 524 g/mol. The van der Waals surface area contributed by atoms with Crippen molar-refractivity contribution < 1.29 is 22.7 Å². The van der Waals surface area contributed by atoms with Gasteiger partial charge in [-0.2, -0.15) is 13.2 Å². The van der Waals surface area contributed by atoms with Crippen LogP contribution in [0.25, 0.3) is 0 Å². The molecule has 0 radical (unpaired) electrons. The number of aliphatic imine (C=N–C) groups is 1. The van der Waals surface area contributed by atoms with Gasteiger partial charge in [0.15, 0.2) is 5.96 Å². The van der Waals surface area contributed by atoms with E-state index in [0.29, 0.717) is 32.0 Å². The van der Waals surface area contributed by atoms with Crippen LogP contribution in [0.15, 0.2) is 29.3 Å². The lowest BCUT2D eigenvalue weighted by Crippen LogP contribution is -2.37. The van der Waals surface area contributed by atoms with Crippen molar-refractivity contribution in [2.45, 2.75) is 64.9 Å². The number of benzene rings is 1. The Morgan fingerprint density at radius 2 is 1.65 bits per heavy atom. The van der Waals surface area contributed by atoms with Gasteiger partial charge in [0.2, 0.25) is 0 Å². The molecule has 2 N–H and O–H groups in total. The second kappa shape index (κ2) is 13.6. The van der Waals surface area contributed by atoms with Crippen LogP contribution in [0.4, 0.5) is 18.0 Å². The molecule has 0 saturated carbocycles. The average molecular weight is 558 g/mol. The maximum absolute atomic E-state index is 12.1. The minimum absolute atomic E-state index is 0. The van der Waals surface area contributed by atoms with E-state index in [2.05, 4.69) is 15.6 Å². The number of unbranched alkanes of at least 4 members (excludes halogenated alkanes) is 1. The van der Waals surface area contributed by atoms with Crippen LogP contribution in [0.1, 0.15) is 51.2 Å². The Balaban J connectivity index is 0.00000900. The monoisotopic (exact) mass is 558 g/mol. The first-order valence-corrected chi connectivity index (χ1v) is 9.93. The highest BCUT2D eigenvalue weighted by Crippen LogP contribution is 2.21. The van der Waals surface area contributed by atoms with Crippen LogP contribution in [0.5, 0.6) is 0 Å². The summed E-state index contributed by atoms with van der Waals surface area (Å²) >= 11 is 0. The molecule has 178 valence electrons. The standard InChI is InChI=1S/C21H33F3N4O2.HI/c1-20(2,3)30-19(29)28(5)15-17-10-8-16(9-11-17)14-27-18(25-4)26-13-7-6-12-21(22,23)24;/h8-11H,6-7,12-15H2,1-5H3,(H2,25,26,27);1H. The van der Waals surface area contributed by atoms with Crippen molar-refractivity contribution >= 4 is 36.0 Å². The molecule has 1 amide bonds. The molecule has 0 aliphatic heterocycles. The number of halogens is 4. The molecule has 0 saturated heterocycles. The first kappa shape index (κ1) is 29.3. The van der Waals surface area contributed by atoms with Crippen molar-refractivity contribution in [1.82, 2.24) is 15.5 Å². The molecule has 0 aromatic heterocycles. The van der Waals surface area contributed by atoms with Crippen molar-refractivity contribution in [3.05, 3.63) is 35.4 Å². The fraction of sp³-hybridized carbons (Fsp3) is 0.619. The topological polar surface area (TPSA) is 66.0 Å². The van der Waals surface area contributed by atoms with Gasteiger partial charge in [-0.3, -0.25) is 4.99 Å². The summed E-state index contributed by atoms with van der Waals surface area (Å²) in [6.45, 7) is 6.85. The van der Waals surface area contributed by atoms with E-state index in [-0.39, 0.29) is 36.5 Å². The summed E-state index contributed by atoms with van der Waals surface area (Å²) in [7, 11) is 3.30. The van der Waals surface area contributed by atoms with Crippen LogP contribution in [0, 0.1) is 0 Å². The quantitative estimate of drug-likeness (QED) is 0.203. The number of alkyl halides is 3. The van der Waals surface area contributed by atoms with Crippen molar-refractivity contribution in [2.24, 2.45) is 4.99 Å². The third kappa shape index (κ3) is 14.1. The molecule has 1 aromatic rings. The third-order valence-corrected chi connectivity index (χ3v) is 4.01. The minimum Gasteiger partial charge on any atom is -0.444 e. The summed E-state index contributed by atoms with van der Waals surface area (Å²) in [6.07, 6.45) is -4.74. The Bertz CT molecular complexity index is 689. The zero-order valence-electron chi connectivity index (χ0n) is 18.8. The van der Waals surface area contributed by atoms with Crippen LogP contribution >= 0.6 is 24.0 Å². The van der Waals surface area contributed by atoms with Crippen LogP contribution in [-0.2, 0) is 17.8 Å². The first-order valence-electron chi connectivity index (χ1n) is 9.93. The summed E-state index contributed by atoms with van der Waals surface area (Å²) in [5.41, 5.74) is 1.45. The number of carbonyl (C=O) groups excluding carboxylic acids is 1. The molecule has 0 aliphatic rings. The van der Waals surface area contributed by atoms with Gasteiger partial charge >= 0.3 is 12.3 Å². The molecule has 0 heterocycles. The van der Waals surface area contributed by atoms with Gasteiger partial charge in [0.25, 0.3) is 0 Å². The zero-order chi connectivity index (χ0) is 22.8. The van der Waals surface area contributed by atoms with E-state index in [1.54, 1.807) is 14.1 Å². The van der Waals surface area contributed by atoms with E-state index < -0.39 is 18.2 Å². The summed E-state index contributed by atoms with van der Waals surface area (Å²) in [5.74, 6) is 0.538. The molecule has 31 heavy (non-hydrogen) atoms. The van der Waals surface area contributed by atoms with E-state index in [9.17, 15) is 18.0 Å². The fourth-order valence-corrected chi connectivity index (χ4v) is 2.50. The predicted molar refractivity (Wildman–Crippen MR) is 128 cm³/mol. The molecular formula is C21H34F3IN4O2. The van der Waals surface area contributed by atoms with Gasteiger partial charge in [0.1, 0.15) is 5.60 Å². The molecule has 0 bridgehead atoms. The normalized spacial score (nSPS) is 12.1. The number of hydrogen-bond donors (Lipinski definition) is 2. The summed E-state index contributed by atoms with van der Waals surface area (Å²) in [4.78, 5) is 17.6. The molecule has 0 fully saturated rings. The second-order valence-electron chi connectivity index (χ2n) is 8.08. The highest BCUT2D eigenvalue weighted by Gasteiger charge is 2.25. The number of ether oxygens (including phenoxy) is 1. The van der Waals surface area contributed by atoms with Crippen molar-refractivity contribution in [1.29, 1.82) is 0 Å². The van der Waals surface area contributed by atoms with E-state index >= 15 is 0 Å². The lowest BCUT2D eigenvalue weighted by atomic mass is 10.1. The maximum atomic E-state index is 12.1. The summed E-state index contributed by atoms with van der Waals surface area (Å²) in [5, 5.41) is 6.14. The van der Waals surface area contributed by atoms with Gasteiger partial charge in [-0.15, -0.1) is 24.0 Å². The average Bonchev–Trinajstić information content (AvgIpc) is 2.62. The zero-order valence-corrected chi connectivity index (χ0v) is 21.1. The molecule has 0 atom stereocenters. The van der Waals surface area contributed by atoms with Crippen LogP contribution in [-0.4, -0.2) is 49.4 Å². The lowest BCUT2D eigenvalue weighted by molar-refractivity contribution is -0.135. The van der Waals surface area contributed by atoms with Crippen molar-refractivity contribution in [3.8, 4) is 0 Å². The van der Waals surface area contributed by atoms with Crippen LogP contribution in [0.3, 0.4) is 0 Å². The van der Waals surface area contributed by atoms with E-state index in [1.165, 1.54) is 4.90 Å². The van der Waals surface area contributed by atoms with Gasteiger partial charge in [-0.25, -0.2) is 4.79 Å². The first-order chi connectivity index (χ1) is 13.9. The largest absolute Gasteiger partial charge is 0.444 e. The lowest BCUT2D eigenvalue weighted by Gasteiger charge is -2.24. The number of amides is 1. The summed E-state index contributed by atoms with van der Waals surface area (Å²) in [6, 6.07) is 7.76. The van der Waals surface area contributed by atoms with Gasteiger partial charge in [-0.05, 0) is 44.7 Å². The number of rotatable bonds is 8. The van der Waals surface area contributed by atoms with E-state index in [0.717, 1.165) is 11.1 Å². The Kier molecular flexibility index (Phi) is 12.9. The van der Waals surface area contributed by atoms with E-state index in [4.69, 9.17) is 4.74 Å². The Morgan fingerprint density at radius 3 is 2.16 bits per heavy atom. The maximum Gasteiger partial charge on any atom is 0.410 e. The molecule has 1 rings (SSSR count). The van der Waals surface area contributed by atoms with E-state index in [1.807, 2.05) is 45.0 Å². The number of carbonyl (C=O) groups is 1. The number of guanidine groups is 1. The van der Waals surface area contributed by atoms with Crippen molar-refractivity contribution in [3.63, 3.8) is 0 Å². The highest BCUT2D eigenvalue weighted by molar-refractivity contribution is 14.0. The van der Waals surface area contributed by atoms with Crippen molar-refractivity contribution in [2.75, 3.05) is 20.6 Å². The Labute approximate surface area is 200 Å². The predicted octanol–water partition coefficient (Wildman–Crippen LogP) is 5.07. The van der Waals surface area contributed by atoms with Gasteiger partial charge < -0.3 is 20.3 Å². The molecule has 6 nitrogen and oxygen atoms in total. The third-order valence-electron chi connectivity index (χ3n) is 4.01. The second-order valence-corrected chi connectivity index (χ2v) is 8.08. The van der Waals surface area contributed by atoms with Gasteiger partial charge in [0.05, 0.1) is 0 Å². The smallest absolute Gasteiger partial charge is 0.410 e. The SMILES string of the molecule is CN=C(NCCCCC(F)(F)F)NCc1ccc(CN(C)C(=O)OC(C)(C)C)cc1.I. The summed E-state index contributed by atoms with van der Waals surface area (Å²) < 4.78 is 41.7. The van der Waals surface area contributed by atoms with Gasteiger partial charge in [-0.1, -0.05) is 24.3 Å². The van der Waals surface area contributed by atoms with Gasteiger partial charge in [0, 0.05) is 40.2 Å². The Morgan fingerprint density at radius 1 is 1.06 bits per heavy atom. The molecule has 0 spiro atoms. The Hall–Kier alpha value is -1.72. The molecule has 1 aromatic carbocycles. The fourth-order valence-electron chi connectivity index (χ4n) is 2.50. The molecule has 0 unspecified atom stereocenters. The molecule has 0 aliphatic carbocycles. The number of nitrogens with zero attached hydrogens (tertiary/aromatic N) is 2. The number of hydrogen-bond acceptors (Lipinski definition) is 3. The van der Waals surface area contributed by atoms with Crippen LogP contribution < -0.4 is 10.6 Å².